The molecule has 21 heavy (non-hydrogen) atoms. The Bertz CT molecular complexity index is 628. The van der Waals surface area contributed by atoms with Gasteiger partial charge < -0.3 is 10.5 Å². The van der Waals surface area contributed by atoms with Crippen LogP contribution in [0.5, 0.6) is 5.75 Å². The van der Waals surface area contributed by atoms with Gasteiger partial charge in [-0.05, 0) is 42.7 Å². The first-order chi connectivity index (χ1) is 10.0. The van der Waals surface area contributed by atoms with Gasteiger partial charge in [0.1, 0.15) is 17.4 Å². The van der Waals surface area contributed by atoms with Crippen molar-refractivity contribution >= 4 is 0 Å². The number of aryl methyl sites for hydroxylation is 1. The second-order valence-corrected chi connectivity index (χ2v) is 5.02. The molecule has 2 aromatic rings. The molecule has 0 heterocycles. The molecule has 0 saturated carbocycles. The maximum absolute atomic E-state index is 13.9. The topological polar surface area (TPSA) is 35.2 Å². The SMILES string of the molecule is CCCOc1cccc(C(N)c2cc(C)c(F)cc2F)c1. The Balaban J connectivity index is 2.31. The number of benzene rings is 2. The molecule has 2 N–H and O–H groups in total. The second-order valence-electron chi connectivity index (χ2n) is 5.02. The molecule has 4 heteroatoms. The molecule has 0 saturated heterocycles. The highest BCUT2D eigenvalue weighted by Gasteiger charge is 2.16. The first-order valence-electron chi connectivity index (χ1n) is 6.96. The molecule has 0 amide bonds. The smallest absolute Gasteiger partial charge is 0.131 e. The highest BCUT2D eigenvalue weighted by Crippen LogP contribution is 2.26. The van der Waals surface area contributed by atoms with E-state index >= 15 is 0 Å². The maximum Gasteiger partial charge on any atom is 0.131 e. The van der Waals surface area contributed by atoms with Crippen molar-refractivity contribution < 1.29 is 13.5 Å². The van der Waals surface area contributed by atoms with E-state index in [0.29, 0.717) is 17.9 Å². The third-order valence-electron chi connectivity index (χ3n) is 3.30. The normalized spacial score (nSPS) is 12.2. The molecule has 1 unspecified atom stereocenters. The summed E-state index contributed by atoms with van der Waals surface area (Å²) in [7, 11) is 0. The summed E-state index contributed by atoms with van der Waals surface area (Å²) in [6.45, 7) is 4.22. The number of ether oxygens (including phenoxy) is 1. The van der Waals surface area contributed by atoms with Gasteiger partial charge in [-0.3, -0.25) is 0 Å². The highest BCUT2D eigenvalue weighted by molar-refractivity contribution is 5.38. The summed E-state index contributed by atoms with van der Waals surface area (Å²) < 4.78 is 32.8. The average molecular weight is 291 g/mol. The molecule has 0 bridgehead atoms. The molecule has 0 aliphatic heterocycles. The van der Waals surface area contributed by atoms with Gasteiger partial charge in [-0.25, -0.2) is 8.78 Å². The molecule has 2 rings (SSSR count). The van der Waals surface area contributed by atoms with Gasteiger partial charge in [-0.15, -0.1) is 0 Å². The summed E-state index contributed by atoms with van der Waals surface area (Å²) in [5.74, 6) is -0.502. The molecular weight excluding hydrogens is 272 g/mol. The summed E-state index contributed by atoms with van der Waals surface area (Å²) in [4.78, 5) is 0. The molecule has 0 aliphatic carbocycles. The lowest BCUT2D eigenvalue weighted by molar-refractivity contribution is 0.317. The van der Waals surface area contributed by atoms with Crippen LogP contribution in [0.4, 0.5) is 8.78 Å². The van der Waals surface area contributed by atoms with Crippen molar-refractivity contribution in [1.29, 1.82) is 0 Å². The van der Waals surface area contributed by atoms with E-state index in [1.807, 2.05) is 25.1 Å². The maximum atomic E-state index is 13.9. The van der Waals surface area contributed by atoms with Crippen molar-refractivity contribution in [3.8, 4) is 5.75 Å². The van der Waals surface area contributed by atoms with Crippen LogP contribution in [0.2, 0.25) is 0 Å². The number of halogens is 2. The van der Waals surface area contributed by atoms with Gasteiger partial charge >= 0.3 is 0 Å². The number of hydrogen-bond donors (Lipinski definition) is 1. The third kappa shape index (κ3) is 3.58. The van der Waals surface area contributed by atoms with Gasteiger partial charge in [0.2, 0.25) is 0 Å². The fourth-order valence-corrected chi connectivity index (χ4v) is 2.12. The highest BCUT2D eigenvalue weighted by atomic mass is 19.1. The Kier molecular flexibility index (Phi) is 4.91. The van der Waals surface area contributed by atoms with E-state index in [0.717, 1.165) is 18.1 Å². The molecule has 0 fully saturated rings. The Morgan fingerprint density at radius 3 is 2.62 bits per heavy atom. The fraction of sp³-hybridized carbons (Fsp3) is 0.294. The second kappa shape index (κ2) is 6.68. The molecule has 0 aromatic heterocycles. The van der Waals surface area contributed by atoms with Gasteiger partial charge in [-0.2, -0.15) is 0 Å². The van der Waals surface area contributed by atoms with Crippen LogP contribution in [0.25, 0.3) is 0 Å². The van der Waals surface area contributed by atoms with E-state index in [9.17, 15) is 8.78 Å². The van der Waals surface area contributed by atoms with Crippen molar-refractivity contribution in [1.82, 2.24) is 0 Å². The Labute approximate surface area is 123 Å². The number of rotatable bonds is 5. The largest absolute Gasteiger partial charge is 0.494 e. The van der Waals surface area contributed by atoms with Crippen molar-refractivity contribution in [2.75, 3.05) is 6.61 Å². The molecule has 2 nitrogen and oxygen atoms in total. The first kappa shape index (κ1) is 15.4. The third-order valence-corrected chi connectivity index (χ3v) is 3.30. The Morgan fingerprint density at radius 1 is 1.14 bits per heavy atom. The zero-order valence-electron chi connectivity index (χ0n) is 12.2. The standard InChI is InChI=1S/C17H19F2NO/c1-3-7-21-13-6-4-5-12(9-13)17(20)14-8-11(2)15(18)10-16(14)19/h4-6,8-10,17H,3,7,20H2,1-2H3. The minimum absolute atomic E-state index is 0.279. The zero-order chi connectivity index (χ0) is 15.4. The van der Waals surface area contributed by atoms with Crippen LogP contribution >= 0.6 is 0 Å². The number of nitrogens with two attached hydrogens (primary N) is 1. The summed E-state index contributed by atoms with van der Waals surface area (Å²) in [6.07, 6.45) is 0.905. The van der Waals surface area contributed by atoms with E-state index in [-0.39, 0.29) is 5.56 Å². The van der Waals surface area contributed by atoms with Gasteiger partial charge in [0.15, 0.2) is 0 Å². The van der Waals surface area contributed by atoms with Crippen molar-refractivity contribution in [2.24, 2.45) is 5.73 Å². The lowest BCUT2D eigenvalue weighted by Crippen LogP contribution is -2.14. The quantitative estimate of drug-likeness (QED) is 0.899. The van der Waals surface area contributed by atoms with Crippen LogP contribution < -0.4 is 10.5 Å². The minimum Gasteiger partial charge on any atom is -0.494 e. The summed E-state index contributed by atoms with van der Waals surface area (Å²) in [6, 6.07) is 8.92. The van der Waals surface area contributed by atoms with E-state index < -0.39 is 17.7 Å². The van der Waals surface area contributed by atoms with Gasteiger partial charge in [0.05, 0.1) is 12.6 Å². The summed E-state index contributed by atoms with van der Waals surface area (Å²) in [5.41, 5.74) is 7.50. The zero-order valence-corrected chi connectivity index (χ0v) is 12.2. The predicted octanol–water partition coefficient (Wildman–Crippen LogP) is 4.11. The van der Waals surface area contributed by atoms with Crippen molar-refractivity contribution in [2.45, 2.75) is 26.3 Å². The van der Waals surface area contributed by atoms with Crippen molar-refractivity contribution in [3.63, 3.8) is 0 Å². The minimum atomic E-state index is -0.658. The van der Waals surface area contributed by atoms with Crippen LogP contribution in [0, 0.1) is 18.6 Å². The van der Waals surface area contributed by atoms with Gasteiger partial charge in [0, 0.05) is 11.6 Å². The van der Waals surface area contributed by atoms with Crippen LogP contribution in [-0.4, -0.2) is 6.61 Å². The molecule has 0 aliphatic rings. The molecule has 0 radical (unpaired) electrons. The predicted molar refractivity (Wildman–Crippen MR) is 79.4 cm³/mol. The lowest BCUT2D eigenvalue weighted by Gasteiger charge is -2.16. The fourth-order valence-electron chi connectivity index (χ4n) is 2.12. The van der Waals surface area contributed by atoms with E-state index in [2.05, 4.69) is 0 Å². The first-order valence-corrected chi connectivity index (χ1v) is 6.96. The molecule has 0 spiro atoms. The van der Waals surface area contributed by atoms with Crippen LogP contribution in [0.15, 0.2) is 36.4 Å². The Morgan fingerprint density at radius 2 is 1.90 bits per heavy atom. The molecule has 1 atom stereocenters. The summed E-state index contributed by atoms with van der Waals surface area (Å²) >= 11 is 0. The average Bonchev–Trinajstić information content (AvgIpc) is 2.48. The van der Waals surface area contributed by atoms with Gasteiger partial charge in [-0.1, -0.05) is 19.1 Å². The number of hydrogen-bond acceptors (Lipinski definition) is 2. The molecule has 2 aromatic carbocycles. The summed E-state index contributed by atoms with van der Waals surface area (Å²) in [5, 5.41) is 0. The lowest BCUT2D eigenvalue weighted by atomic mass is 9.97. The van der Waals surface area contributed by atoms with Crippen LogP contribution in [-0.2, 0) is 0 Å². The van der Waals surface area contributed by atoms with Crippen LogP contribution in [0.3, 0.4) is 0 Å². The Hall–Kier alpha value is -1.94. The van der Waals surface area contributed by atoms with Crippen molar-refractivity contribution in [3.05, 3.63) is 64.7 Å². The monoisotopic (exact) mass is 291 g/mol. The molecular formula is C17H19F2NO. The van der Waals surface area contributed by atoms with E-state index in [1.54, 1.807) is 13.0 Å². The molecule has 112 valence electrons. The van der Waals surface area contributed by atoms with Gasteiger partial charge in [0.25, 0.3) is 0 Å². The van der Waals surface area contributed by atoms with E-state index in [4.69, 9.17) is 10.5 Å². The van der Waals surface area contributed by atoms with E-state index in [1.165, 1.54) is 6.07 Å². The van der Waals surface area contributed by atoms with Crippen LogP contribution in [0.1, 0.15) is 36.1 Å².